The van der Waals surface area contributed by atoms with Gasteiger partial charge in [-0.3, -0.25) is 38.4 Å². The second-order valence-corrected chi connectivity index (χ2v) is 10.4. The van der Waals surface area contributed by atoms with E-state index in [2.05, 4.69) is 0 Å². The molecule has 20 nitrogen and oxygen atoms in total. The maximum Gasteiger partial charge on any atom is 0.305 e. The topological polar surface area (TPSA) is 258 Å². The zero-order valence-corrected chi connectivity index (χ0v) is 27.3. The number of ether oxygens (including phenoxy) is 11. The molecule has 2 aliphatic heterocycles. The molecule has 10 atom stereocenters. The van der Waals surface area contributed by atoms with Crippen molar-refractivity contribution in [1.29, 1.82) is 0 Å². The molecule has 0 unspecified atom stereocenters. The molecule has 2 aliphatic rings. The Morgan fingerprint density at radius 1 is 0.500 bits per heavy atom. The molecule has 0 aliphatic carbocycles. The Bertz CT molecular complexity index is 1250. The summed E-state index contributed by atoms with van der Waals surface area (Å²) in [6, 6.07) is 0. The number of hydrogen-bond donors (Lipinski definition) is 1. The monoisotopic (exact) mass is 694 g/mol. The van der Waals surface area contributed by atoms with E-state index >= 15 is 0 Å². The van der Waals surface area contributed by atoms with E-state index in [1.165, 1.54) is 0 Å². The molecule has 0 amide bonds. The molecule has 0 aromatic carbocycles. The minimum absolute atomic E-state index is 0.679. The lowest BCUT2D eigenvalue weighted by Crippen LogP contribution is -2.73. The van der Waals surface area contributed by atoms with Gasteiger partial charge in [-0.05, 0) is 0 Å². The summed E-state index contributed by atoms with van der Waals surface area (Å²) in [5.74, 6) is -10.9. The summed E-state index contributed by atoms with van der Waals surface area (Å²) in [6.45, 7) is 6.17. The molecule has 20 heteroatoms. The van der Waals surface area contributed by atoms with Crippen LogP contribution in [0.2, 0.25) is 0 Å². The molecule has 270 valence electrons. The highest BCUT2D eigenvalue weighted by Gasteiger charge is 2.65. The Kier molecular flexibility index (Phi) is 14.2. The van der Waals surface area contributed by atoms with Crippen molar-refractivity contribution in [1.82, 2.24) is 0 Å². The largest absolute Gasteiger partial charge is 0.463 e. The standard InChI is InChI=1S/C28H38O20/c1-11(29)38-9-19-21(40-13(3)31)22(41-14(4)32)23(42-15(5)33)27(46-19)48-28(37)20(10-39-12(2)30)47-26(45-18(8)36)24(43-16(6)34)25(28)44-17(7)35/h19-27,37H,9-10H2,1-8H3/t19-,20-,21-,22+,23-,24-,25-,26-,27-,28-/m1/s1. The molecule has 2 fully saturated rings. The van der Waals surface area contributed by atoms with Crippen LogP contribution in [0.5, 0.6) is 0 Å². The minimum atomic E-state index is -3.12. The van der Waals surface area contributed by atoms with Gasteiger partial charge >= 0.3 is 47.8 Å². The fourth-order valence-electron chi connectivity index (χ4n) is 4.76. The lowest BCUT2D eigenvalue weighted by Gasteiger charge is -2.51. The van der Waals surface area contributed by atoms with Crippen LogP contribution < -0.4 is 0 Å². The van der Waals surface area contributed by atoms with Crippen LogP contribution in [0.25, 0.3) is 0 Å². The summed E-state index contributed by atoms with van der Waals surface area (Å²) in [4.78, 5) is 96.4. The van der Waals surface area contributed by atoms with E-state index in [4.69, 9.17) is 52.1 Å². The van der Waals surface area contributed by atoms with Crippen molar-refractivity contribution in [3.63, 3.8) is 0 Å². The first-order chi connectivity index (χ1) is 22.2. The van der Waals surface area contributed by atoms with Gasteiger partial charge in [0.1, 0.15) is 19.3 Å². The Morgan fingerprint density at radius 3 is 1.42 bits per heavy atom. The molecule has 48 heavy (non-hydrogen) atoms. The first-order valence-corrected chi connectivity index (χ1v) is 14.3. The quantitative estimate of drug-likeness (QED) is 0.138. The van der Waals surface area contributed by atoms with Crippen LogP contribution in [0.1, 0.15) is 55.4 Å². The molecule has 0 radical (unpaired) electrons. The molecule has 2 rings (SSSR count). The Labute approximate surface area is 273 Å². The van der Waals surface area contributed by atoms with E-state index in [0.29, 0.717) is 0 Å². The lowest BCUT2D eigenvalue weighted by atomic mass is 9.93. The number of aliphatic hydroxyl groups is 1. The van der Waals surface area contributed by atoms with Gasteiger partial charge in [-0.25, -0.2) is 0 Å². The molecule has 0 aromatic rings. The summed E-state index contributed by atoms with van der Waals surface area (Å²) in [5, 5.41) is 12.2. The highest BCUT2D eigenvalue weighted by atomic mass is 16.8. The lowest BCUT2D eigenvalue weighted by molar-refractivity contribution is -0.437. The molecular weight excluding hydrogens is 656 g/mol. The van der Waals surface area contributed by atoms with Crippen LogP contribution in [-0.2, 0) is 90.5 Å². The van der Waals surface area contributed by atoms with Gasteiger partial charge in [0.15, 0.2) is 24.4 Å². The van der Waals surface area contributed by atoms with E-state index in [1.807, 2.05) is 0 Å². The SMILES string of the molecule is CC(=O)OC[C@H]1O[C@H](O[C@@]2(O)[C@H](OC(C)=O)[C@@H](OC(C)=O)[C@H](OC(C)=O)O[C@@H]2COC(C)=O)[C@H](OC(C)=O)[C@@H](OC(C)=O)[C@@H]1OC(C)=O. The van der Waals surface area contributed by atoms with Gasteiger partial charge in [-0.2, -0.15) is 0 Å². The first kappa shape index (κ1) is 39.8. The maximum absolute atomic E-state index is 12.3. The number of carbonyl (C=O) groups excluding carboxylic acids is 8. The molecule has 2 saturated heterocycles. The zero-order chi connectivity index (χ0) is 36.5. The third-order valence-corrected chi connectivity index (χ3v) is 6.30. The van der Waals surface area contributed by atoms with Crippen molar-refractivity contribution in [3.05, 3.63) is 0 Å². The Balaban J connectivity index is 2.81. The van der Waals surface area contributed by atoms with Crippen molar-refractivity contribution in [2.45, 2.75) is 116 Å². The van der Waals surface area contributed by atoms with Gasteiger partial charge in [-0.15, -0.1) is 0 Å². The molecule has 0 saturated carbocycles. The van der Waals surface area contributed by atoms with E-state index in [1.54, 1.807) is 0 Å². The van der Waals surface area contributed by atoms with Gasteiger partial charge in [0.25, 0.3) is 0 Å². The molecule has 0 spiro atoms. The van der Waals surface area contributed by atoms with Crippen LogP contribution in [0.15, 0.2) is 0 Å². The summed E-state index contributed by atoms with van der Waals surface area (Å²) >= 11 is 0. The third-order valence-electron chi connectivity index (χ3n) is 6.30. The minimum Gasteiger partial charge on any atom is -0.463 e. The predicted molar refractivity (Wildman–Crippen MR) is 146 cm³/mol. The van der Waals surface area contributed by atoms with Gasteiger partial charge in [0.05, 0.1) is 0 Å². The Morgan fingerprint density at radius 2 is 0.938 bits per heavy atom. The fraction of sp³-hybridized carbons (Fsp3) is 0.714. The van der Waals surface area contributed by atoms with Crippen LogP contribution in [0.4, 0.5) is 0 Å². The van der Waals surface area contributed by atoms with E-state index in [-0.39, 0.29) is 0 Å². The van der Waals surface area contributed by atoms with Crippen molar-refractivity contribution in [3.8, 4) is 0 Å². The molecule has 2 heterocycles. The smallest absolute Gasteiger partial charge is 0.305 e. The highest BCUT2D eigenvalue weighted by Crippen LogP contribution is 2.40. The zero-order valence-electron chi connectivity index (χ0n) is 27.3. The third kappa shape index (κ3) is 11.1. The van der Waals surface area contributed by atoms with Gasteiger partial charge in [0, 0.05) is 55.4 Å². The van der Waals surface area contributed by atoms with Gasteiger partial charge in [-0.1, -0.05) is 0 Å². The van der Waals surface area contributed by atoms with E-state index < -0.39 is 122 Å². The van der Waals surface area contributed by atoms with Gasteiger partial charge < -0.3 is 57.2 Å². The second-order valence-electron chi connectivity index (χ2n) is 10.4. The molecule has 0 bridgehead atoms. The molecule has 1 N–H and O–H groups in total. The van der Waals surface area contributed by atoms with Crippen molar-refractivity contribution in [2.24, 2.45) is 0 Å². The molecule has 0 aromatic heterocycles. The van der Waals surface area contributed by atoms with Gasteiger partial charge in [0.2, 0.25) is 30.6 Å². The van der Waals surface area contributed by atoms with Crippen LogP contribution in [0.3, 0.4) is 0 Å². The summed E-state index contributed by atoms with van der Waals surface area (Å²) < 4.78 is 59.1. The fourth-order valence-corrected chi connectivity index (χ4v) is 4.76. The number of rotatable bonds is 12. The highest BCUT2D eigenvalue weighted by molar-refractivity contribution is 5.70. The van der Waals surface area contributed by atoms with Crippen LogP contribution in [0, 0.1) is 0 Å². The van der Waals surface area contributed by atoms with Crippen molar-refractivity contribution >= 4 is 47.8 Å². The number of esters is 8. The predicted octanol–water partition coefficient (Wildman–Crippen LogP) is -1.51. The summed E-state index contributed by atoms with van der Waals surface area (Å²) in [5.41, 5.74) is 0. The summed E-state index contributed by atoms with van der Waals surface area (Å²) in [6.07, 6.45) is -16.9. The number of hydrogen-bond acceptors (Lipinski definition) is 20. The van der Waals surface area contributed by atoms with Crippen LogP contribution in [-0.4, -0.2) is 127 Å². The summed E-state index contributed by atoms with van der Waals surface area (Å²) in [7, 11) is 0. The maximum atomic E-state index is 12.3. The average molecular weight is 695 g/mol. The average Bonchev–Trinajstić information content (AvgIpc) is 2.92. The van der Waals surface area contributed by atoms with Crippen molar-refractivity contribution in [2.75, 3.05) is 13.2 Å². The first-order valence-electron chi connectivity index (χ1n) is 14.3. The van der Waals surface area contributed by atoms with Crippen LogP contribution >= 0.6 is 0 Å². The second kappa shape index (κ2) is 17.1. The van der Waals surface area contributed by atoms with E-state index in [9.17, 15) is 43.5 Å². The Hall–Kier alpha value is -4.40. The van der Waals surface area contributed by atoms with E-state index in [0.717, 1.165) is 55.4 Å². The normalized spacial score (nSPS) is 31.2. The molecular formula is C28H38O20. The number of carbonyl (C=O) groups is 8. The van der Waals surface area contributed by atoms with Crippen molar-refractivity contribution < 1.29 is 95.6 Å².